The number of aryl methyl sites for hydroxylation is 1. The second-order valence-electron chi connectivity index (χ2n) is 3.84. The van der Waals surface area contributed by atoms with Crippen molar-refractivity contribution in [2.45, 2.75) is 13.0 Å². The highest BCUT2D eigenvalue weighted by molar-refractivity contribution is 7.71. The van der Waals surface area contributed by atoms with Gasteiger partial charge in [0.05, 0.1) is 0 Å². The summed E-state index contributed by atoms with van der Waals surface area (Å²) in [6.45, 7) is 0.624. The Labute approximate surface area is 113 Å². The van der Waals surface area contributed by atoms with Gasteiger partial charge in [0.2, 0.25) is 6.39 Å². The summed E-state index contributed by atoms with van der Waals surface area (Å²) in [5, 5.41) is 10.8. The topological polar surface area (TPSA) is 85.4 Å². The molecule has 3 heterocycles. The molecule has 0 saturated heterocycles. The van der Waals surface area contributed by atoms with E-state index in [0.717, 1.165) is 11.4 Å². The number of aromatic amines is 1. The van der Waals surface area contributed by atoms with E-state index in [0.29, 0.717) is 23.6 Å². The van der Waals surface area contributed by atoms with Gasteiger partial charge in [-0.2, -0.15) is 10.1 Å². The molecule has 0 fully saturated rings. The minimum Gasteiger partial charge on any atom is -0.343 e. The predicted molar refractivity (Wildman–Crippen MR) is 68.6 cm³/mol. The molecular weight excluding hydrogens is 264 g/mol. The molecule has 0 radical (unpaired) electrons. The van der Waals surface area contributed by atoms with Crippen LogP contribution in [0.15, 0.2) is 35.4 Å². The van der Waals surface area contributed by atoms with E-state index in [-0.39, 0.29) is 0 Å². The third-order valence-electron chi connectivity index (χ3n) is 2.64. The Balaban J connectivity index is 1.89. The molecule has 0 aromatic carbocycles. The van der Waals surface area contributed by atoms with Crippen LogP contribution in [0.3, 0.4) is 0 Å². The molecule has 3 rings (SSSR count). The van der Waals surface area contributed by atoms with E-state index in [4.69, 9.17) is 16.7 Å². The highest BCUT2D eigenvalue weighted by atomic mass is 32.1. The molecular formula is C11H10N6OS. The average Bonchev–Trinajstić information content (AvgIpc) is 3.07. The van der Waals surface area contributed by atoms with Gasteiger partial charge in [-0.15, -0.1) is 0 Å². The largest absolute Gasteiger partial charge is 0.343 e. The number of rotatable bonds is 4. The van der Waals surface area contributed by atoms with E-state index in [9.17, 15) is 0 Å². The summed E-state index contributed by atoms with van der Waals surface area (Å²) in [5.41, 5.74) is 0.906. The van der Waals surface area contributed by atoms with Gasteiger partial charge < -0.3 is 4.52 Å². The van der Waals surface area contributed by atoms with E-state index < -0.39 is 0 Å². The van der Waals surface area contributed by atoms with Crippen LogP contribution in [0.4, 0.5) is 0 Å². The van der Waals surface area contributed by atoms with Crippen molar-refractivity contribution < 1.29 is 4.52 Å². The van der Waals surface area contributed by atoms with Gasteiger partial charge in [0.15, 0.2) is 16.4 Å². The number of hydrogen-bond acceptors (Lipinski definition) is 6. The summed E-state index contributed by atoms with van der Waals surface area (Å²) in [6, 6.07) is 3.79. The SMILES string of the molecule is S=c1[nH]nc(-c2cccnc2)n1CCc1ncon1. The molecule has 1 N–H and O–H groups in total. The van der Waals surface area contributed by atoms with E-state index in [1.54, 1.807) is 12.4 Å². The van der Waals surface area contributed by atoms with Crippen LogP contribution in [-0.2, 0) is 13.0 Å². The Kier molecular flexibility index (Phi) is 3.15. The van der Waals surface area contributed by atoms with Crippen molar-refractivity contribution in [3.05, 3.63) is 41.5 Å². The van der Waals surface area contributed by atoms with Crippen LogP contribution < -0.4 is 0 Å². The third kappa shape index (κ3) is 2.43. The number of hydrogen-bond donors (Lipinski definition) is 1. The number of nitrogens with zero attached hydrogens (tertiary/aromatic N) is 5. The molecule has 0 aliphatic heterocycles. The lowest BCUT2D eigenvalue weighted by Gasteiger charge is -2.04. The van der Waals surface area contributed by atoms with Gasteiger partial charge in [-0.25, -0.2) is 0 Å². The zero-order valence-electron chi connectivity index (χ0n) is 9.85. The zero-order valence-corrected chi connectivity index (χ0v) is 10.7. The molecule has 0 bridgehead atoms. The van der Waals surface area contributed by atoms with Gasteiger partial charge in [0.25, 0.3) is 0 Å². The van der Waals surface area contributed by atoms with Crippen molar-refractivity contribution in [1.29, 1.82) is 0 Å². The molecule has 0 spiro atoms. The van der Waals surface area contributed by atoms with Gasteiger partial charge in [0, 0.05) is 30.9 Å². The number of pyridine rings is 1. The van der Waals surface area contributed by atoms with E-state index in [1.165, 1.54) is 6.39 Å². The van der Waals surface area contributed by atoms with E-state index >= 15 is 0 Å². The van der Waals surface area contributed by atoms with Crippen LogP contribution in [-0.4, -0.2) is 29.9 Å². The Morgan fingerprint density at radius 1 is 1.42 bits per heavy atom. The Morgan fingerprint density at radius 3 is 3.11 bits per heavy atom. The van der Waals surface area contributed by atoms with E-state index in [2.05, 4.69) is 25.3 Å². The molecule has 0 unspecified atom stereocenters. The first-order chi connectivity index (χ1) is 9.34. The molecule has 19 heavy (non-hydrogen) atoms. The molecule has 0 atom stereocenters. The standard InChI is InChI=1S/C11H10N6OS/c19-11-15-14-10(8-2-1-4-12-6-8)17(11)5-3-9-13-7-18-16-9/h1-2,4,6-7H,3,5H2,(H,15,19). The number of nitrogens with one attached hydrogen (secondary N) is 1. The lowest BCUT2D eigenvalue weighted by Crippen LogP contribution is -2.05. The van der Waals surface area contributed by atoms with Gasteiger partial charge >= 0.3 is 0 Å². The van der Waals surface area contributed by atoms with Crippen LogP contribution in [0.1, 0.15) is 5.82 Å². The summed E-state index contributed by atoms with van der Waals surface area (Å²) in [6.07, 6.45) is 5.40. The molecule has 0 aliphatic rings. The van der Waals surface area contributed by atoms with Crippen molar-refractivity contribution >= 4 is 12.2 Å². The monoisotopic (exact) mass is 274 g/mol. The minimum atomic E-state index is 0.558. The highest BCUT2D eigenvalue weighted by Gasteiger charge is 2.09. The molecule has 3 aromatic heterocycles. The maximum atomic E-state index is 5.23. The molecule has 96 valence electrons. The van der Waals surface area contributed by atoms with Gasteiger partial charge in [-0.1, -0.05) is 5.16 Å². The molecule has 7 nitrogen and oxygen atoms in total. The lowest BCUT2D eigenvalue weighted by molar-refractivity contribution is 0.408. The number of H-pyrrole nitrogens is 1. The highest BCUT2D eigenvalue weighted by Crippen LogP contribution is 2.15. The smallest absolute Gasteiger partial charge is 0.213 e. The number of aromatic nitrogens is 6. The molecule has 0 saturated carbocycles. The Bertz CT molecular complexity index is 702. The fourth-order valence-corrected chi connectivity index (χ4v) is 1.98. The predicted octanol–water partition coefficient (Wildman–Crippen LogP) is 1.63. The fraction of sp³-hybridized carbons (Fsp3) is 0.182. The third-order valence-corrected chi connectivity index (χ3v) is 2.96. The second-order valence-corrected chi connectivity index (χ2v) is 4.23. The first-order valence-corrected chi connectivity index (χ1v) is 6.06. The van der Waals surface area contributed by atoms with Gasteiger partial charge in [-0.3, -0.25) is 14.6 Å². The normalized spacial score (nSPS) is 10.7. The summed E-state index contributed by atoms with van der Waals surface area (Å²) >= 11 is 5.23. The van der Waals surface area contributed by atoms with Gasteiger partial charge in [0.1, 0.15) is 0 Å². The van der Waals surface area contributed by atoms with Gasteiger partial charge in [-0.05, 0) is 24.4 Å². The van der Waals surface area contributed by atoms with Crippen molar-refractivity contribution in [1.82, 2.24) is 29.9 Å². The summed E-state index contributed by atoms with van der Waals surface area (Å²) in [4.78, 5) is 8.06. The van der Waals surface area contributed by atoms with Crippen LogP contribution in [0.25, 0.3) is 11.4 Å². The Morgan fingerprint density at radius 2 is 2.37 bits per heavy atom. The first kappa shape index (κ1) is 11.7. The second kappa shape index (κ2) is 5.11. The summed E-state index contributed by atoms with van der Waals surface area (Å²) < 4.78 is 7.15. The van der Waals surface area contributed by atoms with Crippen molar-refractivity contribution in [2.75, 3.05) is 0 Å². The Hall–Kier alpha value is -2.35. The van der Waals surface area contributed by atoms with Crippen LogP contribution in [0.5, 0.6) is 0 Å². The van der Waals surface area contributed by atoms with Crippen molar-refractivity contribution in [3.63, 3.8) is 0 Å². The van der Waals surface area contributed by atoms with Crippen LogP contribution in [0.2, 0.25) is 0 Å². The van der Waals surface area contributed by atoms with E-state index in [1.807, 2.05) is 16.7 Å². The molecule has 3 aromatic rings. The summed E-state index contributed by atoms with van der Waals surface area (Å²) in [7, 11) is 0. The quantitative estimate of drug-likeness (QED) is 0.728. The van der Waals surface area contributed by atoms with Crippen LogP contribution >= 0.6 is 12.2 Å². The van der Waals surface area contributed by atoms with Crippen LogP contribution in [0, 0.1) is 4.77 Å². The fourth-order valence-electron chi connectivity index (χ4n) is 1.75. The molecule has 0 amide bonds. The lowest BCUT2D eigenvalue weighted by atomic mass is 10.2. The zero-order chi connectivity index (χ0) is 13.1. The minimum absolute atomic E-state index is 0.558. The maximum Gasteiger partial charge on any atom is 0.213 e. The van der Waals surface area contributed by atoms with Crippen molar-refractivity contribution in [3.8, 4) is 11.4 Å². The summed E-state index contributed by atoms with van der Waals surface area (Å²) in [5.74, 6) is 1.39. The molecule has 8 heteroatoms. The first-order valence-electron chi connectivity index (χ1n) is 5.65. The average molecular weight is 274 g/mol. The van der Waals surface area contributed by atoms with Crippen molar-refractivity contribution in [2.24, 2.45) is 0 Å². The maximum absolute atomic E-state index is 5.23. The molecule has 0 aliphatic carbocycles.